The summed E-state index contributed by atoms with van der Waals surface area (Å²) in [7, 11) is 0. The van der Waals surface area contributed by atoms with Crippen molar-refractivity contribution in [2.24, 2.45) is 0 Å². The molecular formula is C19H17F3N2O4. The highest BCUT2D eigenvalue weighted by molar-refractivity contribution is 5.94. The number of para-hydroxylation sites is 1. The molecule has 0 aliphatic carbocycles. The lowest BCUT2D eigenvalue weighted by Gasteiger charge is -2.10. The van der Waals surface area contributed by atoms with Gasteiger partial charge in [-0.3, -0.25) is 14.4 Å². The second kappa shape index (κ2) is 9.54. The number of esters is 1. The number of rotatable bonds is 7. The number of carbonyl (C=O) groups is 3. The SMILES string of the molecule is O=C(CCC(=O)OCC(=O)Nc1cccc(C(F)(F)F)c1)Nc1ccccc1. The number of amides is 2. The van der Waals surface area contributed by atoms with Gasteiger partial charge in [-0.1, -0.05) is 24.3 Å². The maximum absolute atomic E-state index is 12.6. The van der Waals surface area contributed by atoms with Crippen molar-refractivity contribution in [2.45, 2.75) is 19.0 Å². The maximum atomic E-state index is 12.6. The number of hydrogen-bond acceptors (Lipinski definition) is 4. The van der Waals surface area contributed by atoms with Crippen molar-refractivity contribution in [3.8, 4) is 0 Å². The molecule has 2 rings (SSSR count). The summed E-state index contributed by atoms with van der Waals surface area (Å²) in [5.74, 6) is -1.96. The fourth-order valence-corrected chi connectivity index (χ4v) is 2.15. The van der Waals surface area contributed by atoms with Gasteiger partial charge in [0.2, 0.25) is 5.91 Å². The summed E-state index contributed by atoms with van der Waals surface area (Å²) in [5, 5.41) is 4.81. The normalized spacial score (nSPS) is 10.8. The molecule has 0 radical (unpaired) electrons. The van der Waals surface area contributed by atoms with Crippen molar-refractivity contribution in [2.75, 3.05) is 17.2 Å². The van der Waals surface area contributed by atoms with E-state index in [2.05, 4.69) is 10.6 Å². The molecule has 2 aromatic carbocycles. The Labute approximate surface area is 158 Å². The largest absolute Gasteiger partial charge is 0.456 e. The Morgan fingerprint density at radius 2 is 1.46 bits per heavy atom. The summed E-state index contributed by atoms with van der Waals surface area (Å²) in [4.78, 5) is 35.0. The molecule has 0 unspecified atom stereocenters. The minimum absolute atomic E-state index is 0.0712. The lowest BCUT2D eigenvalue weighted by atomic mass is 10.2. The molecule has 0 aromatic heterocycles. The Bertz CT molecular complexity index is 839. The van der Waals surface area contributed by atoms with Crippen LogP contribution in [0.3, 0.4) is 0 Å². The number of halogens is 3. The van der Waals surface area contributed by atoms with Crippen LogP contribution in [-0.2, 0) is 25.3 Å². The minimum Gasteiger partial charge on any atom is -0.456 e. The first kappa shape index (κ1) is 20.9. The van der Waals surface area contributed by atoms with E-state index in [1.54, 1.807) is 30.3 Å². The highest BCUT2D eigenvalue weighted by atomic mass is 19.4. The van der Waals surface area contributed by atoms with Crippen LogP contribution in [0, 0.1) is 0 Å². The number of carbonyl (C=O) groups excluding carboxylic acids is 3. The Morgan fingerprint density at radius 3 is 2.14 bits per heavy atom. The zero-order chi connectivity index (χ0) is 20.6. The van der Waals surface area contributed by atoms with Gasteiger partial charge in [0, 0.05) is 17.8 Å². The summed E-state index contributed by atoms with van der Waals surface area (Å²) >= 11 is 0. The number of nitrogens with one attached hydrogen (secondary N) is 2. The smallest absolute Gasteiger partial charge is 0.416 e. The third-order valence-electron chi connectivity index (χ3n) is 3.45. The summed E-state index contributed by atoms with van der Waals surface area (Å²) < 4.78 is 42.6. The third kappa shape index (κ3) is 7.10. The molecule has 0 atom stereocenters. The van der Waals surface area contributed by atoms with E-state index in [4.69, 9.17) is 4.74 Å². The molecule has 9 heteroatoms. The monoisotopic (exact) mass is 394 g/mol. The molecule has 2 aromatic rings. The minimum atomic E-state index is -4.53. The molecule has 0 aliphatic heterocycles. The number of ether oxygens (including phenoxy) is 1. The Balaban J connectivity index is 1.72. The molecule has 0 spiro atoms. The molecule has 0 aliphatic rings. The second-order valence-corrected chi connectivity index (χ2v) is 5.70. The number of hydrogen-bond donors (Lipinski definition) is 2. The van der Waals surface area contributed by atoms with E-state index in [1.807, 2.05) is 0 Å². The summed E-state index contributed by atoms with van der Waals surface area (Å²) in [5.41, 5.74) is -0.397. The van der Waals surface area contributed by atoms with Gasteiger partial charge in [-0.05, 0) is 30.3 Å². The standard InChI is InChI=1S/C19H17F3N2O4/c20-19(21,22)13-5-4-8-15(11-13)24-17(26)12-28-18(27)10-9-16(25)23-14-6-2-1-3-7-14/h1-8,11H,9-10,12H2,(H,23,25)(H,24,26). The van der Waals surface area contributed by atoms with Gasteiger partial charge in [0.1, 0.15) is 0 Å². The summed E-state index contributed by atoms with van der Waals surface area (Å²) in [6.45, 7) is -0.671. The van der Waals surface area contributed by atoms with Gasteiger partial charge in [-0.25, -0.2) is 0 Å². The molecule has 148 valence electrons. The van der Waals surface area contributed by atoms with Crippen molar-refractivity contribution in [3.63, 3.8) is 0 Å². The van der Waals surface area contributed by atoms with E-state index in [-0.39, 0.29) is 18.5 Å². The van der Waals surface area contributed by atoms with Gasteiger partial charge < -0.3 is 15.4 Å². The topological polar surface area (TPSA) is 84.5 Å². The van der Waals surface area contributed by atoms with E-state index in [0.717, 1.165) is 18.2 Å². The van der Waals surface area contributed by atoms with E-state index < -0.39 is 36.1 Å². The van der Waals surface area contributed by atoms with Crippen LogP contribution < -0.4 is 10.6 Å². The van der Waals surface area contributed by atoms with Crippen molar-refractivity contribution >= 4 is 29.2 Å². The highest BCUT2D eigenvalue weighted by Gasteiger charge is 2.30. The molecule has 2 N–H and O–H groups in total. The Kier molecular flexibility index (Phi) is 7.14. The Hall–Kier alpha value is -3.36. The van der Waals surface area contributed by atoms with Gasteiger partial charge in [0.25, 0.3) is 5.91 Å². The van der Waals surface area contributed by atoms with E-state index in [1.165, 1.54) is 6.07 Å². The van der Waals surface area contributed by atoms with E-state index in [0.29, 0.717) is 5.69 Å². The maximum Gasteiger partial charge on any atom is 0.416 e. The van der Waals surface area contributed by atoms with Crippen LogP contribution in [0.25, 0.3) is 0 Å². The van der Waals surface area contributed by atoms with Crippen LogP contribution in [0.1, 0.15) is 18.4 Å². The molecule has 0 fully saturated rings. The lowest BCUT2D eigenvalue weighted by Crippen LogP contribution is -2.22. The van der Waals surface area contributed by atoms with Crippen LogP contribution in [0.2, 0.25) is 0 Å². The number of alkyl halides is 3. The van der Waals surface area contributed by atoms with Crippen LogP contribution >= 0.6 is 0 Å². The first-order valence-electron chi connectivity index (χ1n) is 8.21. The van der Waals surface area contributed by atoms with Gasteiger partial charge in [-0.2, -0.15) is 13.2 Å². The first-order chi connectivity index (χ1) is 13.2. The molecule has 0 saturated heterocycles. The molecule has 0 bridgehead atoms. The first-order valence-corrected chi connectivity index (χ1v) is 8.21. The van der Waals surface area contributed by atoms with Crippen molar-refractivity contribution in [1.29, 1.82) is 0 Å². The molecule has 2 amide bonds. The second-order valence-electron chi connectivity index (χ2n) is 5.70. The van der Waals surface area contributed by atoms with Gasteiger partial charge in [0.15, 0.2) is 6.61 Å². The van der Waals surface area contributed by atoms with Gasteiger partial charge in [-0.15, -0.1) is 0 Å². The molecule has 6 nitrogen and oxygen atoms in total. The van der Waals surface area contributed by atoms with Crippen LogP contribution in [0.4, 0.5) is 24.5 Å². The predicted octanol–water partition coefficient (Wildman–Crippen LogP) is 3.61. The summed E-state index contributed by atoms with van der Waals surface area (Å²) in [6.07, 6.45) is -4.91. The highest BCUT2D eigenvalue weighted by Crippen LogP contribution is 2.30. The fourth-order valence-electron chi connectivity index (χ4n) is 2.15. The number of anilines is 2. The van der Waals surface area contributed by atoms with Crippen molar-refractivity contribution in [1.82, 2.24) is 0 Å². The van der Waals surface area contributed by atoms with E-state index in [9.17, 15) is 27.6 Å². The molecule has 0 heterocycles. The zero-order valence-corrected chi connectivity index (χ0v) is 14.6. The average molecular weight is 394 g/mol. The van der Waals surface area contributed by atoms with Crippen LogP contribution in [-0.4, -0.2) is 24.4 Å². The van der Waals surface area contributed by atoms with Gasteiger partial charge in [0.05, 0.1) is 12.0 Å². The third-order valence-corrected chi connectivity index (χ3v) is 3.45. The quantitative estimate of drug-likeness (QED) is 0.703. The van der Waals surface area contributed by atoms with Gasteiger partial charge >= 0.3 is 12.1 Å². The molecule has 0 saturated carbocycles. The fraction of sp³-hybridized carbons (Fsp3) is 0.211. The average Bonchev–Trinajstić information content (AvgIpc) is 2.65. The predicted molar refractivity (Wildman–Crippen MR) is 95.3 cm³/mol. The van der Waals surface area contributed by atoms with Crippen LogP contribution in [0.15, 0.2) is 54.6 Å². The number of benzene rings is 2. The van der Waals surface area contributed by atoms with Crippen molar-refractivity contribution in [3.05, 3.63) is 60.2 Å². The lowest BCUT2D eigenvalue weighted by molar-refractivity contribution is -0.147. The van der Waals surface area contributed by atoms with Crippen molar-refractivity contribution < 1.29 is 32.3 Å². The molecular weight excluding hydrogens is 377 g/mol. The van der Waals surface area contributed by atoms with E-state index >= 15 is 0 Å². The zero-order valence-electron chi connectivity index (χ0n) is 14.6. The molecule has 28 heavy (non-hydrogen) atoms. The van der Waals surface area contributed by atoms with Crippen LogP contribution in [0.5, 0.6) is 0 Å². The Morgan fingerprint density at radius 1 is 0.821 bits per heavy atom. The summed E-state index contributed by atoms with van der Waals surface area (Å²) in [6, 6.07) is 12.7.